The van der Waals surface area contributed by atoms with Crippen molar-refractivity contribution in [1.82, 2.24) is 0 Å². The summed E-state index contributed by atoms with van der Waals surface area (Å²) >= 11 is 0. The Kier molecular flexibility index (Phi) is 4.00. The Hall–Kier alpha value is -1.04. The van der Waals surface area contributed by atoms with Crippen LogP contribution in [0, 0.1) is 0 Å². The van der Waals surface area contributed by atoms with Gasteiger partial charge in [0.15, 0.2) is 0 Å². The van der Waals surface area contributed by atoms with E-state index >= 15 is 0 Å². The lowest BCUT2D eigenvalue weighted by molar-refractivity contribution is 0.00578. The molecule has 0 radical (unpaired) electrons. The highest BCUT2D eigenvalue weighted by molar-refractivity contribution is 6.62. The molecular formula is C17H26BNO3. The molecule has 2 fully saturated rings. The van der Waals surface area contributed by atoms with Gasteiger partial charge in [-0.05, 0) is 52.2 Å². The van der Waals surface area contributed by atoms with Crippen LogP contribution in [0.5, 0.6) is 0 Å². The van der Waals surface area contributed by atoms with Crippen molar-refractivity contribution in [3.63, 3.8) is 0 Å². The van der Waals surface area contributed by atoms with E-state index in [1.807, 2.05) is 0 Å². The molecule has 120 valence electrons. The van der Waals surface area contributed by atoms with E-state index in [1.165, 1.54) is 5.69 Å². The highest BCUT2D eigenvalue weighted by Gasteiger charge is 2.51. The third-order valence-electron chi connectivity index (χ3n) is 5.12. The lowest BCUT2D eigenvalue weighted by Gasteiger charge is -2.35. The maximum atomic E-state index is 6.10. The average Bonchev–Trinajstić information content (AvgIpc) is 2.68. The summed E-state index contributed by atoms with van der Waals surface area (Å²) in [4.78, 5) is 2.39. The molecule has 1 aromatic carbocycles. The second-order valence-electron chi connectivity index (χ2n) is 7.30. The normalized spacial score (nSPS) is 27.2. The van der Waals surface area contributed by atoms with Crippen molar-refractivity contribution >= 4 is 18.3 Å². The van der Waals surface area contributed by atoms with Crippen molar-refractivity contribution < 1.29 is 14.0 Å². The summed E-state index contributed by atoms with van der Waals surface area (Å²) in [5, 5.41) is 0. The molecule has 0 unspecified atom stereocenters. The number of ether oxygens (including phenoxy) is 1. The maximum Gasteiger partial charge on any atom is 0.494 e. The van der Waals surface area contributed by atoms with Crippen molar-refractivity contribution in [2.75, 3.05) is 24.7 Å². The van der Waals surface area contributed by atoms with Crippen molar-refractivity contribution in [2.24, 2.45) is 0 Å². The predicted molar refractivity (Wildman–Crippen MR) is 89.8 cm³/mol. The fourth-order valence-electron chi connectivity index (χ4n) is 2.91. The van der Waals surface area contributed by atoms with Crippen LogP contribution in [0.25, 0.3) is 0 Å². The zero-order valence-electron chi connectivity index (χ0n) is 14.3. The highest BCUT2D eigenvalue weighted by Crippen LogP contribution is 2.36. The lowest BCUT2D eigenvalue weighted by Crippen LogP contribution is -2.44. The first-order valence-corrected chi connectivity index (χ1v) is 8.10. The Balaban J connectivity index is 1.75. The fraction of sp³-hybridized carbons (Fsp3) is 0.647. The molecule has 5 heteroatoms. The summed E-state index contributed by atoms with van der Waals surface area (Å²) in [6.07, 6.45) is 0. The van der Waals surface area contributed by atoms with E-state index in [0.717, 1.165) is 25.2 Å². The summed E-state index contributed by atoms with van der Waals surface area (Å²) in [7, 11) is -0.291. The van der Waals surface area contributed by atoms with Gasteiger partial charge in [0.2, 0.25) is 0 Å². The van der Waals surface area contributed by atoms with Crippen LogP contribution < -0.4 is 10.4 Å². The van der Waals surface area contributed by atoms with Gasteiger partial charge in [-0.1, -0.05) is 12.1 Å². The van der Waals surface area contributed by atoms with Gasteiger partial charge in [-0.25, -0.2) is 0 Å². The van der Waals surface area contributed by atoms with Gasteiger partial charge < -0.3 is 18.9 Å². The number of morpholine rings is 1. The summed E-state index contributed by atoms with van der Waals surface area (Å²) in [6.45, 7) is 13.0. The first-order valence-electron chi connectivity index (χ1n) is 8.10. The van der Waals surface area contributed by atoms with Gasteiger partial charge in [-0.3, -0.25) is 0 Å². The topological polar surface area (TPSA) is 30.9 Å². The SMILES string of the molecule is C[C@@H]1COCCN1c1ccc(B2OC(C)(C)C(C)(C)O2)cc1. The molecule has 0 saturated carbocycles. The number of rotatable bonds is 2. The minimum Gasteiger partial charge on any atom is -0.399 e. The Bertz CT molecular complexity index is 513. The van der Waals surface area contributed by atoms with Crippen LogP contribution in [-0.2, 0) is 14.0 Å². The second-order valence-corrected chi connectivity index (χ2v) is 7.30. The molecule has 0 spiro atoms. The van der Waals surface area contributed by atoms with E-state index in [-0.39, 0.29) is 18.3 Å². The first kappa shape index (κ1) is 15.8. The molecule has 0 N–H and O–H groups in total. The number of anilines is 1. The first-order chi connectivity index (χ1) is 10.3. The second kappa shape index (κ2) is 5.55. The minimum atomic E-state index is -0.297. The summed E-state index contributed by atoms with van der Waals surface area (Å²) in [6, 6.07) is 8.94. The largest absolute Gasteiger partial charge is 0.494 e. The van der Waals surface area contributed by atoms with E-state index < -0.39 is 0 Å². The van der Waals surface area contributed by atoms with E-state index in [4.69, 9.17) is 14.0 Å². The summed E-state index contributed by atoms with van der Waals surface area (Å²) < 4.78 is 17.7. The van der Waals surface area contributed by atoms with Crippen molar-refractivity contribution in [3.8, 4) is 0 Å². The van der Waals surface area contributed by atoms with Gasteiger partial charge in [0.1, 0.15) is 0 Å². The lowest BCUT2D eigenvalue weighted by atomic mass is 9.79. The van der Waals surface area contributed by atoms with Gasteiger partial charge in [-0.2, -0.15) is 0 Å². The van der Waals surface area contributed by atoms with Crippen LogP contribution >= 0.6 is 0 Å². The molecule has 2 saturated heterocycles. The van der Waals surface area contributed by atoms with Gasteiger partial charge in [0, 0.05) is 18.3 Å². The van der Waals surface area contributed by atoms with Crippen molar-refractivity contribution in [2.45, 2.75) is 51.9 Å². The molecule has 0 amide bonds. The zero-order valence-corrected chi connectivity index (χ0v) is 14.3. The van der Waals surface area contributed by atoms with E-state index in [1.54, 1.807) is 0 Å². The van der Waals surface area contributed by atoms with E-state index in [2.05, 4.69) is 63.8 Å². The Morgan fingerprint density at radius 1 is 1.05 bits per heavy atom. The number of hydrogen-bond acceptors (Lipinski definition) is 4. The molecular weight excluding hydrogens is 277 g/mol. The molecule has 0 bridgehead atoms. The standard InChI is InChI=1S/C17H26BNO3/c1-13-12-20-11-10-19(13)15-8-6-14(7-9-15)18-21-16(2,3)17(4,5)22-18/h6-9,13H,10-12H2,1-5H3/t13-/m1/s1. The third kappa shape index (κ3) is 2.77. The molecule has 1 aromatic rings. The number of benzene rings is 1. The summed E-state index contributed by atoms with van der Waals surface area (Å²) in [5.41, 5.74) is 1.71. The molecule has 3 rings (SSSR count). The average molecular weight is 303 g/mol. The van der Waals surface area contributed by atoms with Crippen LogP contribution in [0.2, 0.25) is 0 Å². The zero-order chi connectivity index (χ0) is 16.0. The summed E-state index contributed by atoms with van der Waals surface area (Å²) in [5.74, 6) is 0. The van der Waals surface area contributed by atoms with Crippen molar-refractivity contribution in [3.05, 3.63) is 24.3 Å². The number of hydrogen-bond donors (Lipinski definition) is 0. The van der Waals surface area contributed by atoms with E-state index in [0.29, 0.717) is 6.04 Å². The third-order valence-corrected chi connectivity index (χ3v) is 5.12. The predicted octanol–water partition coefficient (Wildman–Crippen LogP) is 2.21. The molecule has 0 aliphatic carbocycles. The molecule has 2 aliphatic rings. The smallest absolute Gasteiger partial charge is 0.399 e. The Morgan fingerprint density at radius 2 is 1.64 bits per heavy atom. The minimum absolute atomic E-state index is 0.291. The van der Waals surface area contributed by atoms with Gasteiger partial charge in [0.25, 0.3) is 0 Å². The molecule has 2 heterocycles. The molecule has 0 aromatic heterocycles. The quantitative estimate of drug-likeness (QED) is 0.784. The maximum absolute atomic E-state index is 6.10. The van der Waals surface area contributed by atoms with Crippen LogP contribution in [-0.4, -0.2) is 44.1 Å². The Morgan fingerprint density at radius 3 is 2.18 bits per heavy atom. The number of nitrogens with zero attached hydrogens (tertiary/aromatic N) is 1. The molecule has 1 atom stereocenters. The Labute approximate surface area is 133 Å². The molecule has 4 nitrogen and oxygen atoms in total. The van der Waals surface area contributed by atoms with Crippen LogP contribution in [0.4, 0.5) is 5.69 Å². The van der Waals surface area contributed by atoms with E-state index in [9.17, 15) is 0 Å². The fourth-order valence-corrected chi connectivity index (χ4v) is 2.91. The monoisotopic (exact) mass is 303 g/mol. The highest BCUT2D eigenvalue weighted by atomic mass is 16.7. The van der Waals surface area contributed by atoms with Crippen LogP contribution in [0.3, 0.4) is 0 Å². The van der Waals surface area contributed by atoms with Gasteiger partial charge >= 0.3 is 7.12 Å². The van der Waals surface area contributed by atoms with Gasteiger partial charge in [0.05, 0.1) is 24.4 Å². The van der Waals surface area contributed by atoms with Gasteiger partial charge in [-0.15, -0.1) is 0 Å². The molecule has 2 aliphatic heterocycles. The van der Waals surface area contributed by atoms with Crippen molar-refractivity contribution in [1.29, 1.82) is 0 Å². The molecule has 22 heavy (non-hydrogen) atoms. The van der Waals surface area contributed by atoms with Crippen LogP contribution in [0.15, 0.2) is 24.3 Å². The van der Waals surface area contributed by atoms with Crippen LogP contribution in [0.1, 0.15) is 34.6 Å².